The molecule has 0 bridgehead atoms. The Kier molecular flexibility index (Phi) is 8.88. The summed E-state index contributed by atoms with van der Waals surface area (Å²) in [6, 6.07) is 12.7. The van der Waals surface area contributed by atoms with E-state index in [1.807, 2.05) is 48.1 Å². The number of nitro groups is 3. The number of aromatic nitrogens is 1. The summed E-state index contributed by atoms with van der Waals surface area (Å²) >= 11 is 0. The maximum Gasteiger partial charge on any atom is 0.301 e. The van der Waals surface area contributed by atoms with Crippen LogP contribution in [0.15, 0.2) is 72.1 Å². The first-order valence-electron chi connectivity index (χ1n) is 9.82. The van der Waals surface area contributed by atoms with Crippen LogP contribution in [-0.2, 0) is 6.54 Å². The average molecular weight is 546 g/mol. The van der Waals surface area contributed by atoms with Gasteiger partial charge in [0.25, 0.3) is 11.4 Å². The highest BCUT2D eigenvalue weighted by Gasteiger charge is 2.20. The maximum atomic E-state index is 11.4. The average Bonchev–Trinajstić information content (AvgIpc) is 2.81. The van der Waals surface area contributed by atoms with Crippen molar-refractivity contribution in [3.05, 3.63) is 103 Å². The van der Waals surface area contributed by atoms with Crippen molar-refractivity contribution in [2.75, 3.05) is 24.4 Å². The maximum absolute atomic E-state index is 11.4. The molecule has 1 N–H and O–H groups in total. The van der Waals surface area contributed by atoms with Crippen LogP contribution in [0.25, 0.3) is 0 Å². The number of nitro benzene ring substituents is 3. The van der Waals surface area contributed by atoms with Gasteiger partial charge in [0.05, 0.1) is 20.8 Å². The van der Waals surface area contributed by atoms with Gasteiger partial charge in [-0.05, 0) is 18.2 Å². The van der Waals surface area contributed by atoms with Crippen molar-refractivity contribution < 1.29 is 36.3 Å². The van der Waals surface area contributed by atoms with Gasteiger partial charge in [-0.2, -0.15) is 9.67 Å². The molecule has 13 nitrogen and oxygen atoms in total. The number of benzene rings is 2. The number of nitrogens with one attached hydrogen (secondary N) is 1. The van der Waals surface area contributed by atoms with Crippen LogP contribution < -0.4 is 31.9 Å². The van der Waals surface area contributed by atoms with Crippen molar-refractivity contribution in [2.24, 2.45) is 5.10 Å². The van der Waals surface area contributed by atoms with Crippen LogP contribution in [0.5, 0.6) is 0 Å². The fourth-order valence-electron chi connectivity index (χ4n) is 3.00. The molecule has 0 aliphatic heterocycles. The van der Waals surface area contributed by atoms with E-state index in [9.17, 15) is 30.3 Å². The first-order chi connectivity index (χ1) is 16.2. The van der Waals surface area contributed by atoms with Crippen molar-refractivity contribution in [1.82, 2.24) is 0 Å². The van der Waals surface area contributed by atoms with Gasteiger partial charge in [-0.25, -0.2) is 0 Å². The lowest BCUT2D eigenvalue weighted by atomic mass is 10.1. The second-order valence-corrected chi connectivity index (χ2v) is 7.31. The van der Waals surface area contributed by atoms with Crippen LogP contribution in [-0.4, -0.2) is 34.6 Å². The lowest BCUT2D eigenvalue weighted by Crippen LogP contribution is -3.00. The normalized spacial score (nSPS) is 10.7. The van der Waals surface area contributed by atoms with Crippen LogP contribution >= 0.6 is 0 Å². The van der Waals surface area contributed by atoms with Gasteiger partial charge in [-0.3, -0.25) is 35.8 Å². The van der Waals surface area contributed by atoms with Gasteiger partial charge in [0.2, 0.25) is 0 Å². The molecule has 1 heterocycles. The second-order valence-electron chi connectivity index (χ2n) is 7.31. The number of rotatable bonds is 9. The quantitative estimate of drug-likeness (QED) is 0.173. The minimum absolute atomic E-state index is 0. The molecule has 182 valence electrons. The number of non-ortho nitro benzene ring substituents is 2. The number of anilines is 2. The third-order valence-corrected chi connectivity index (χ3v) is 4.83. The molecule has 0 spiro atoms. The summed E-state index contributed by atoms with van der Waals surface area (Å²) in [4.78, 5) is 33.3. The highest BCUT2D eigenvalue weighted by molar-refractivity contribution is 6.00. The van der Waals surface area contributed by atoms with E-state index in [2.05, 4.69) is 10.5 Å². The Morgan fingerprint density at radius 3 is 1.97 bits per heavy atom. The van der Waals surface area contributed by atoms with Crippen LogP contribution in [0.3, 0.4) is 0 Å². The van der Waals surface area contributed by atoms with Crippen LogP contribution in [0.2, 0.25) is 0 Å². The van der Waals surface area contributed by atoms with E-state index in [-0.39, 0.29) is 34.9 Å². The largest absolute Gasteiger partial charge is 1.00 e. The first kappa shape index (κ1) is 26.8. The van der Waals surface area contributed by atoms with Gasteiger partial charge in [0.15, 0.2) is 18.9 Å². The second kappa shape index (κ2) is 11.6. The molecule has 35 heavy (non-hydrogen) atoms. The Labute approximate surface area is 209 Å². The van der Waals surface area contributed by atoms with Gasteiger partial charge in [-0.15, -0.1) is 0 Å². The Bertz CT molecular complexity index is 1260. The Morgan fingerprint density at radius 2 is 1.46 bits per heavy atom. The molecule has 0 fully saturated rings. The van der Waals surface area contributed by atoms with Crippen molar-refractivity contribution in [3.63, 3.8) is 0 Å². The zero-order valence-electron chi connectivity index (χ0n) is 18.6. The molecular weight excluding hydrogens is 526 g/mol. The zero-order chi connectivity index (χ0) is 24.8. The minimum atomic E-state index is -0.745. The molecular formula is C21H20BrN7O6. The Balaban J connectivity index is 0.00000432. The number of hydrogen-bond donors (Lipinski definition) is 1. The van der Waals surface area contributed by atoms with E-state index in [1.165, 1.54) is 30.3 Å². The van der Waals surface area contributed by atoms with Gasteiger partial charge in [0.1, 0.15) is 11.4 Å². The molecule has 0 radical (unpaired) electrons. The molecule has 14 heteroatoms. The molecule has 0 saturated carbocycles. The summed E-state index contributed by atoms with van der Waals surface area (Å²) < 4.78 is 1.82. The Morgan fingerprint density at radius 1 is 0.886 bits per heavy atom. The number of nitrogens with zero attached hydrogens (tertiary/aromatic N) is 6. The highest BCUT2D eigenvalue weighted by atomic mass is 79.9. The van der Waals surface area contributed by atoms with Gasteiger partial charge in [0, 0.05) is 55.7 Å². The fourth-order valence-corrected chi connectivity index (χ4v) is 3.00. The summed E-state index contributed by atoms with van der Waals surface area (Å²) in [7, 11) is 3.81. The van der Waals surface area contributed by atoms with Crippen LogP contribution in [0, 0.1) is 30.3 Å². The smallest absolute Gasteiger partial charge is 0.301 e. The van der Waals surface area contributed by atoms with E-state index in [4.69, 9.17) is 0 Å². The molecule has 2 aromatic carbocycles. The van der Waals surface area contributed by atoms with Crippen molar-refractivity contribution >= 4 is 34.1 Å². The summed E-state index contributed by atoms with van der Waals surface area (Å²) in [5, 5.41) is 37.7. The van der Waals surface area contributed by atoms with Crippen molar-refractivity contribution in [1.29, 1.82) is 0 Å². The van der Waals surface area contributed by atoms with Gasteiger partial charge in [-0.1, -0.05) is 0 Å². The van der Waals surface area contributed by atoms with Gasteiger partial charge < -0.3 is 21.9 Å². The molecule has 0 saturated heterocycles. The lowest BCUT2D eigenvalue weighted by molar-refractivity contribution is -0.681. The molecule has 3 aromatic rings. The summed E-state index contributed by atoms with van der Waals surface area (Å²) in [5.74, 6) is 0. The van der Waals surface area contributed by atoms with Crippen LogP contribution in [0.4, 0.5) is 28.4 Å². The Hall–Kier alpha value is -4.46. The number of pyridine rings is 1. The summed E-state index contributed by atoms with van der Waals surface area (Å²) in [6.07, 6.45) is 3.65. The molecule has 0 aliphatic rings. The SMILES string of the molecule is CN(C)c1cc[n+](C/C(=N/Nc2ccc([N+](=O)[O-])cc2[N+](=O)[O-])c2ccc([N+](=O)[O-])cc2)cc1.[Br-]. The third-order valence-electron chi connectivity index (χ3n) is 4.83. The molecule has 0 amide bonds. The number of hydrogen-bond acceptors (Lipinski definition) is 9. The van der Waals surface area contributed by atoms with E-state index in [0.29, 0.717) is 11.3 Å². The predicted molar refractivity (Wildman–Crippen MR) is 124 cm³/mol. The molecule has 0 atom stereocenters. The number of halogens is 1. The topological polar surface area (TPSA) is 161 Å². The standard InChI is InChI=1S/C21H20N7O6.BrH/c1-24(2)16-9-11-25(12-10-16)14-20(15-3-5-17(6-4-15)26(29)30)23-22-19-8-7-18(27(31)32)13-21(19)28(33)34;/h3-13,22H,14H2,1-2H3;1H/q+1;/p-1/b23-20-;. The fraction of sp³-hybridized carbons (Fsp3) is 0.143. The summed E-state index contributed by atoms with van der Waals surface area (Å²) in [5.41, 5.74) is 3.50. The molecule has 0 aliphatic carbocycles. The third kappa shape index (κ3) is 6.77. The first-order valence-corrected chi connectivity index (χ1v) is 9.82. The molecule has 3 rings (SSSR count). The zero-order valence-corrected chi connectivity index (χ0v) is 20.2. The molecule has 1 aromatic heterocycles. The van der Waals surface area contributed by atoms with Crippen molar-refractivity contribution in [3.8, 4) is 0 Å². The van der Waals surface area contributed by atoms with Gasteiger partial charge >= 0.3 is 5.69 Å². The van der Waals surface area contributed by atoms with Crippen molar-refractivity contribution in [2.45, 2.75) is 6.54 Å². The van der Waals surface area contributed by atoms with Crippen LogP contribution in [0.1, 0.15) is 5.56 Å². The highest BCUT2D eigenvalue weighted by Crippen LogP contribution is 2.29. The number of hydrazone groups is 1. The predicted octanol–water partition coefficient (Wildman–Crippen LogP) is 0.285. The molecule has 0 unspecified atom stereocenters. The van der Waals surface area contributed by atoms with E-state index < -0.39 is 26.1 Å². The lowest BCUT2D eigenvalue weighted by Gasteiger charge is -2.11. The minimum Gasteiger partial charge on any atom is -1.00 e. The summed E-state index contributed by atoms with van der Waals surface area (Å²) in [6.45, 7) is 0.235. The van der Waals surface area contributed by atoms with E-state index in [1.54, 1.807) is 0 Å². The van der Waals surface area contributed by atoms with E-state index in [0.717, 1.165) is 17.8 Å². The van der Waals surface area contributed by atoms with E-state index >= 15 is 0 Å². The monoisotopic (exact) mass is 545 g/mol.